The standard InChI is InChI=1S/C19H16N4O4/c1-19(2)15-9-8-13(10-14(15)16(24)21-17(19)25)27-22-18(26)23(11-20)12-6-4-3-5-7-12/h3-10H,1-2H3,(H,22,26)(H,21,24,25). The van der Waals surface area contributed by atoms with Crippen molar-refractivity contribution in [3.63, 3.8) is 0 Å². The van der Waals surface area contributed by atoms with Crippen LogP contribution in [0.15, 0.2) is 48.5 Å². The zero-order valence-electron chi connectivity index (χ0n) is 14.6. The van der Waals surface area contributed by atoms with Crippen molar-refractivity contribution in [3.8, 4) is 11.9 Å². The number of urea groups is 1. The van der Waals surface area contributed by atoms with Gasteiger partial charge < -0.3 is 4.84 Å². The van der Waals surface area contributed by atoms with E-state index < -0.39 is 17.4 Å². The summed E-state index contributed by atoms with van der Waals surface area (Å²) in [5, 5.41) is 11.5. The lowest BCUT2D eigenvalue weighted by molar-refractivity contribution is -0.125. The van der Waals surface area contributed by atoms with Gasteiger partial charge in [-0.25, -0.2) is 4.79 Å². The minimum absolute atomic E-state index is 0.188. The molecule has 4 amide bonds. The first-order valence-corrected chi connectivity index (χ1v) is 8.06. The number of para-hydroxylation sites is 1. The Hall–Kier alpha value is -3.86. The van der Waals surface area contributed by atoms with Crippen LogP contribution in [0.25, 0.3) is 0 Å². The summed E-state index contributed by atoms with van der Waals surface area (Å²) in [6, 6.07) is 12.1. The summed E-state index contributed by atoms with van der Waals surface area (Å²) in [6.45, 7) is 3.42. The zero-order valence-corrected chi connectivity index (χ0v) is 14.6. The van der Waals surface area contributed by atoms with E-state index in [1.54, 1.807) is 56.4 Å². The van der Waals surface area contributed by atoms with Crippen molar-refractivity contribution >= 4 is 23.5 Å². The van der Waals surface area contributed by atoms with Crippen LogP contribution in [0.3, 0.4) is 0 Å². The number of carbonyl (C=O) groups excluding carboxylic acids is 3. The number of imide groups is 1. The van der Waals surface area contributed by atoms with E-state index in [-0.39, 0.29) is 17.2 Å². The predicted molar refractivity (Wildman–Crippen MR) is 95.6 cm³/mol. The van der Waals surface area contributed by atoms with Gasteiger partial charge in [-0.05, 0) is 43.7 Å². The molecule has 0 saturated carbocycles. The quantitative estimate of drug-likeness (QED) is 0.375. The number of amides is 4. The first-order valence-electron chi connectivity index (χ1n) is 8.06. The first kappa shape index (κ1) is 17.9. The zero-order chi connectivity index (χ0) is 19.6. The average Bonchev–Trinajstić information content (AvgIpc) is 2.66. The minimum Gasteiger partial charge on any atom is -0.378 e. The molecule has 0 radical (unpaired) electrons. The summed E-state index contributed by atoms with van der Waals surface area (Å²) in [4.78, 5) is 42.3. The smallest absolute Gasteiger partial charge is 0.368 e. The van der Waals surface area contributed by atoms with Crippen LogP contribution in [-0.4, -0.2) is 17.8 Å². The highest BCUT2D eigenvalue weighted by molar-refractivity contribution is 6.13. The number of nitrogens with zero attached hydrogens (tertiary/aromatic N) is 2. The molecule has 27 heavy (non-hydrogen) atoms. The van der Waals surface area contributed by atoms with E-state index in [1.807, 2.05) is 0 Å². The maximum atomic E-state index is 12.2. The van der Waals surface area contributed by atoms with E-state index >= 15 is 0 Å². The van der Waals surface area contributed by atoms with Gasteiger partial charge in [-0.1, -0.05) is 24.3 Å². The van der Waals surface area contributed by atoms with Gasteiger partial charge in [0.1, 0.15) is 0 Å². The van der Waals surface area contributed by atoms with Crippen LogP contribution in [0.1, 0.15) is 29.8 Å². The van der Waals surface area contributed by atoms with Crippen LogP contribution < -0.4 is 20.5 Å². The number of nitriles is 1. The third-order valence-electron chi connectivity index (χ3n) is 4.28. The summed E-state index contributed by atoms with van der Waals surface area (Å²) < 4.78 is 0. The number of rotatable bonds is 3. The third-order valence-corrected chi connectivity index (χ3v) is 4.28. The minimum atomic E-state index is -0.865. The molecule has 1 aliphatic rings. The normalized spacial score (nSPS) is 14.4. The Labute approximate surface area is 155 Å². The number of anilines is 1. The molecule has 1 heterocycles. The molecule has 0 saturated heterocycles. The molecule has 0 aliphatic carbocycles. The summed E-state index contributed by atoms with van der Waals surface area (Å²) in [5.74, 6) is -0.725. The molecule has 0 atom stereocenters. The summed E-state index contributed by atoms with van der Waals surface area (Å²) in [6.07, 6.45) is 1.77. The topological polar surface area (TPSA) is 112 Å². The molecule has 2 aromatic carbocycles. The molecule has 136 valence electrons. The van der Waals surface area contributed by atoms with Crippen LogP contribution in [0.5, 0.6) is 5.75 Å². The molecule has 8 nitrogen and oxygen atoms in total. The van der Waals surface area contributed by atoms with Crippen LogP contribution in [0.2, 0.25) is 0 Å². The molecule has 0 aromatic heterocycles. The molecule has 8 heteroatoms. The van der Waals surface area contributed by atoms with Gasteiger partial charge in [0, 0.05) is 5.56 Å². The molecule has 2 N–H and O–H groups in total. The monoisotopic (exact) mass is 364 g/mol. The lowest BCUT2D eigenvalue weighted by atomic mass is 9.78. The Morgan fingerprint density at radius 1 is 1.19 bits per heavy atom. The molecule has 2 aromatic rings. The second kappa shape index (κ2) is 6.80. The van der Waals surface area contributed by atoms with Crippen molar-refractivity contribution in [2.24, 2.45) is 0 Å². The summed E-state index contributed by atoms with van der Waals surface area (Å²) >= 11 is 0. The summed E-state index contributed by atoms with van der Waals surface area (Å²) in [5.41, 5.74) is 2.53. The molecule has 3 rings (SSSR count). The van der Waals surface area contributed by atoms with Gasteiger partial charge in [0.2, 0.25) is 5.91 Å². The third kappa shape index (κ3) is 3.30. The summed E-state index contributed by atoms with van der Waals surface area (Å²) in [7, 11) is 0. The van der Waals surface area contributed by atoms with E-state index in [9.17, 15) is 19.6 Å². The van der Waals surface area contributed by atoms with E-state index in [0.717, 1.165) is 4.90 Å². The molecule has 0 bridgehead atoms. The Bertz CT molecular complexity index is 963. The van der Waals surface area contributed by atoms with Crippen molar-refractivity contribution < 1.29 is 19.2 Å². The Kier molecular flexibility index (Phi) is 4.52. The maximum absolute atomic E-state index is 12.2. The van der Waals surface area contributed by atoms with Crippen LogP contribution >= 0.6 is 0 Å². The van der Waals surface area contributed by atoms with Crippen LogP contribution in [0.4, 0.5) is 10.5 Å². The van der Waals surface area contributed by atoms with E-state index in [0.29, 0.717) is 11.3 Å². The van der Waals surface area contributed by atoms with E-state index in [2.05, 4.69) is 10.8 Å². The highest BCUT2D eigenvalue weighted by Crippen LogP contribution is 2.32. The highest BCUT2D eigenvalue weighted by Gasteiger charge is 2.39. The Morgan fingerprint density at radius 3 is 2.56 bits per heavy atom. The van der Waals surface area contributed by atoms with Crippen molar-refractivity contribution in [1.29, 1.82) is 5.26 Å². The number of benzene rings is 2. The Balaban J connectivity index is 1.77. The highest BCUT2D eigenvalue weighted by atomic mass is 16.7. The second-order valence-corrected chi connectivity index (χ2v) is 6.40. The first-order chi connectivity index (χ1) is 12.8. The number of fused-ring (bicyclic) bond motifs is 1. The lowest BCUT2D eigenvalue weighted by Crippen LogP contribution is -2.48. The van der Waals surface area contributed by atoms with Gasteiger partial charge in [0.05, 0.1) is 11.1 Å². The molecular weight excluding hydrogens is 348 g/mol. The van der Waals surface area contributed by atoms with Gasteiger partial charge >= 0.3 is 6.03 Å². The van der Waals surface area contributed by atoms with Crippen LogP contribution in [0, 0.1) is 11.5 Å². The van der Waals surface area contributed by atoms with Gasteiger partial charge in [0.25, 0.3) is 5.91 Å². The van der Waals surface area contributed by atoms with Crippen molar-refractivity contribution in [2.75, 3.05) is 4.90 Å². The SMILES string of the molecule is CC1(C)C(=O)NC(=O)c2cc(ONC(=O)N(C#N)c3ccccc3)ccc21. The van der Waals surface area contributed by atoms with Gasteiger partial charge in [-0.3, -0.25) is 14.9 Å². The largest absolute Gasteiger partial charge is 0.378 e. The number of hydrogen-bond donors (Lipinski definition) is 2. The maximum Gasteiger partial charge on any atom is 0.368 e. The Morgan fingerprint density at radius 2 is 1.89 bits per heavy atom. The van der Waals surface area contributed by atoms with Gasteiger partial charge in [-0.15, -0.1) is 0 Å². The second-order valence-electron chi connectivity index (χ2n) is 6.40. The van der Waals surface area contributed by atoms with E-state index in [1.165, 1.54) is 12.1 Å². The molecule has 0 fully saturated rings. The fourth-order valence-corrected chi connectivity index (χ4v) is 2.71. The fraction of sp³-hybridized carbons (Fsp3) is 0.158. The average molecular weight is 364 g/mol. The van der Waals surface area contributed by atoms with E-state index in [4.69, 9.17) is 4.84 Å². The molecule has 1 aliphatic heterocycles. The van der Waals surface area contributed by atoms with Gasteiger partial charge in [-0.2, -0.15) is 15.6 Å². The lowest BCUT2D eigenvalue weighted by Gasteiger charge is -2.30. The van der Waals surface area contributed by atoms with Crippen molar-refractivity contribution in [3.05, 3.63) is 59.7 Å². The van der Waals surface area contributed by atoms with Crippen LogP contribution in [-0.2, 0) is 10.2 Å². The fourth-order valence-electron chi connectivity index (χ4n) is 2.71. The predicted octanol–water partition coefficient (Wildman–Crippen LogP) is 2.23. The van der Waals surface area contributed by atoms with Crippen molar-refractivity contribution in [2.45, 2.75) is 19.3 Å². The van der Waals surface area contributed by atoms with Gasteiger partial charge in [0.15, 0.2) is 11.9 Å². The number of nitrogens with one attached hydrogen (secondary N) is 2. The van der Waals surface area contributed by atoms with Crippen molar-refractivity contribution in [1.82, 2.24) is 10.8 Å². The molecule has 0 spiro atoms. The molecular formula is C19H16N4O4. The number of hydroxylamine groups is 1. The number of carbonyl (C=O) groups is 3. The number of hydrogen-bond acceptors (Lipinski definition) is 5. The molecule has 0 unspecified atom stereocenters.